The highest BCUT2D eigenvalue weighted by molar-refractivity contribution is 6.63. The van der Waals surface area contributed by atoms with Crippen molar-refractivity contribution in [1.29, 1.82) is 0 Å². The lowest BCUT2D eigenvalue weighted by atomic mass is 9.85. The highest BCUT2D eigenvalue weighted by Crippen LogP contribution is 2.32. The molecule has 0 N–H and O–H groups in total. The molecule has 0 bridgehead atoms. The Morgan fingerprint density at radius 1 is 1.05 bits per heavy atom. The molecule has 2 aromatic rings. The van der Waals surface area contributed by atoms with Crippen LogP contribution in [0.2, 0.25) is 0 Å². The molecule has 104 valence electrons. The number of hydrogen-bond acceptors (Lipinski definition) is 1. The maximum absolute atomic E-state index is 11.4. The molecule has 20 heavy (non-hydrogen) atoms. The summed E-state index contributed by atoms with van der Waals surface area (Å²) >= 11 is 5.67. The molecule has 1 atom stereocenters. The van der Waals surface area contributed by atoms with Crippen LogP contribution in [0, 0.1) is 20.8 Å². The van der Waals surface area contributed by atoms with E-state index in [9.17, 15) is 4.79 Å². The van der Waals surface area contributed by atoms with E-state index >= 15 is 0 Å². The van der Waals surface area contributed by atoms with Crippen LogP contribution in [0.15, 0.2) is 42.5 Å². The lowest BCUT2D eigenvalue weighted by Gasteiger charge is -2.19. The number of benzene rings is 2. The van der Waals surface area contributed by atoms with Gasteiger partial charge in [0.25, 0.3) is 0 Å². The smallest absolute Gasteiger partial charge is 0.222 e. The standard InChI is InChI=1S/C18H19ClO/c1-12-5-4-6-15(9-12)17(11-18(19)20)16-10-13(2)7-8-14(16)3/h4-10,17H,11H2,1-3H3. The van der Waals surface area contributed by atoms with E-state index in [1.165, 1.54) is 22.3 Å². The van der Waals surface area contributed by atoms with Crippen LogP contribution < -0.4 is 0 Å². The second-order valence-electron chi connectivity index (χ2n) is 5.39. The third-order valence-corrected chi connectivity index (χ3v) is 3.77. The van der Waals surface area contributed by atoms with E-state index in [-0.39, 0.29) is 11.2 Å². The predicted octanol–water partition coefficient (Wildman–Crippen LogP) is 4.90. The fraction of sp³-hybridized carbons (Fsp3) is 0.278. The molecule has 0 saturated heterocycles. The van der Waals surface area contributed by atoms with E-state index in [1.807, 2.05) is 6.07 Å². The molecule has 0 amide bonds. The second-order valence-corrected chi connectivity index (χ2v) is 5.81. The molecule has 0 aliphatic carbocycles. The molecular formula is C18H19ClO. The van der Waals surface area contributed by atoms with Crippen molar-refractivity contribution in [2.45, 2.75) is 33.1 Å². The van der Waals surface area contributed by atoms with Crippen LogP contribution >= 0.6 is 11.6 Å². The topological polar surface area (TPSA) is 17.1 Å². The minimum atomic E-state index is -0.294. The SMILES string of the molecule is Cc1cccc(C(CC(=O)Cl)c2cc(C)ccc2C)c1. The normalized spacial score (nSPS) is 12.2. The Balaban J connectivity index is 2.52. The van der Waals surface area contributed by atoms with Gasteiger partial charge in [-0.2, -0.15) is 0 Å². The summed E-state index contributed by atoms with van der Waals surface area (Å²) in [5.74, 6) is 0.0276. The monoisotopic (exact) mass is 286 g/mol. The van der Waals surface area contributed by atoms with E-state index in [0.717, 1.165) is 5.56 Å². The third kappa shape index (κ3) is 3.49. The summed E-state index contributed by atoms with van der Waals surface area (Å²) in [5, 5.41) is -0.294. The van der Waals surface area contributed by atoms with Gasteiger partial charge in [0.1, 0.15) is 0 Å². The van der Waals surface area contributed by atoms with Gasteiger partial charge in [0.05, 0.1) is 0 Å². The number of rotatable bonds is 4. The van der Waals surface area contributed by atoms with Gasteiger partial charge >= 0.3 is 0 Å². The highest BCUT2D eigenvalue weighted by Gasteiger charge is 2.19. The van der Waals surface area contributed by atoms with E-state index < -0.39 is 0 Å². The molecular weight excluding hydrogens is 268 g/mol. The van der Waals surface area contributed by atoms with Gasteiger partial charge in [-0.15, -0.1) is 0 Å². The first-order valence-corrected chi connectivity index (χ1v) is 7.17. The van der Waals surface area contributed by atoms with Crippen LogP contribution in [0.5, 0.6) is 0 Å². The van der Waals surface area contributed by atoms with Crippen molar-refractivity contribution in [1.82, 2.24) is 0 Å². The molecule has 1 unspecified atom stereocenters. The van der Waals surface area contributed by atoms with Crippen molar-refractivity contribution < 1.29 is 4.79 Å². The Labute approximate surface area is 125 Å². The Morgan fingerprint density at radius 2 is 1.75 bits per heavy atom. The Kier molecular flexibility index (Phi) is 4.61. The van der Waals surface area contributed by atoms with E-state index in [4.69, 9.17) is 11.6 Å². The van der Waals surface area contributed by atoms with E-state index in [0.29, 0.717) is 6.42 Å². The lowest BCUT2D eigenvalue weighted by Crippen LogP contribution is -2.07. The van der Waals surface area contributed by atoms with Gasteiger partial charge in [-0.25, -0.2) is 0 Å². The number of hydrogen-bond donors (Lipinski definition) is 0. The predicted molar refractivity (Wildman–Crippen MR) is 84.4 cm³/mol. The van der Waals surface area contributed by atoms with Crippen molar-refractivity contribution in [3.05, 3.63) is 70.3 Å². The molecule has 1 nitrogen and oxygen atoms in total. The average Bonchev–Trinajstić information content (AvgIpc) is 2.39. The van der Waals surface area contributed by atoms with E-state index in [2.05, 4.69) is 57.2 Å². The number of carbonyl (C=O) groups is 1. The van der Waals surface area contributed by atoms with Gasteiger partial charge in [-0.05, 0) is 49.1 Å². The summed E-state index contributed by atoms with van der Waals surface area (Å²) in [5.41, 5.74) is 5.92. The molecule has 0 radical (unpaired) electrons. The molecule has 2 rings (SSSR count). The van der Waals surface area contributed by atoms with Crippen LogP contribution in [0.25, 0.3) is 0 Å². The zero-order valence-electron chi connectivity index (χ0n) is 12.1. The fourth-order valence-corrected chi connectivity index (χ4v) is 2.74. The van der Waals surface area contributed by atoms with Gasteiger partial charge < -0.3 is 0 Å². The van der Waals surface area contributed by atoms with Gasteiger partial charge in [0.15, 0.2) is 0 Å². The highest BCUT2D eigenvalue weighted by atomic mass is 35.5. The molecule has 0 aliphatic rings. The van der Waals surface area contributed by atoms with Crippen molar-refractivity contribution >= 4 is 16.8 Å². The molecule has 0 saturated carbocycles. The van der Waals surface area contributed by atoms with E-state index in [1.54, 1.807) is 0 Å². The van der Waals surface area contributed by atoms with Crippen molar-refractivity contribution in [2.24, 2.45) is 0 Å². The first-order valence-electron chi connectivity index (χ1n) is 6.79. The van der Waals surface area contributed by atoms with Gasteiger partial charge in [0.2, 0.25) is 5.24 Å². The van der Waals surface area contributed by atoms with Gasteiger partial charge in [0, 0.05) is 12.3 Å². The first-order chi connectivity index (χ1) is 9.47. The summed E-state index contributed by atoms with van der Waals surface area (Å²) in [6, 6.07) is 14.6. The maximum atomic E-state index is 11.4. The molecule has 0 fully saturated rings. The largest absolute Gasteiger partial charge is 0.281 e. The van der Waals surface area contributed by atoms with Crippen LogP contribution in [0.4, 0.5) is 0 Å². The summed E-state index contributed by atoms with van der Waals surface area (Å²) in [4.78, 5) is 11.4. The number of carbonyl (C=O) groups excluding carboxylic acids is 1. The van der Waals surface area contributed by atoms with Gasteiger partial charge in [-0.1, -0.05) is 53.6 Å². The van der Waals surface area contributed by atoms with Crippen LogP contribution in [-0.2, 0) is 4.79 Å². The molecule has 2 aromatic carbocycles. The Hall–Kier alpha value is -1.60. The zero-order chi connectivity index (χ0) is 14.7. The second kappa shape index (κ2) is 6.23. The average molecular weight is 287 g/mol. The Bertz CT molecular complexity index is 631. The minimum Gasteiger partial charge on any atom is -0.281 e. The third-order valence-electron chi connectivity index (χ3n) is 3.62. The zero-order valence-corrected chi connectivity index (χ0v) is 12.9. The Morgan fingerprint density at radius 3 is 2.40 bits per heavy atom. The van der Waals surface area contributed by atoms with Crippen LogP contribution in [0.1, 0.15) is 40.2 Å². The maximum Gasteiger partial charge on any atom is 0.222 e. The quantitative estimate of drug-likeness (QED) is 0.731. The number of aryl methyl sites for hydroxylation is 3. The fourth-order valence-electron chi connectivity index (χ4n) is 2.59. The minimum absolute atomic E-state index is 0.0276. The summed E-state index contributed by atoms with van der Waals surface area (Å²) < 4.78 is 0. The van der Waals surface area contributed by atoms with Crippen LogP contribution in [-0.4, -0.2) is 5.24 Å². The summed E-state index contributed by atoms with van der Waals surface area (Å²) in [6.07, 6.45) is 0.329. The molecule has 0 heterocycles. The van der Waals surface area contributed by atoms with Crippen molar-refractivity contribution in [3.63, 3.8) is 0 Å². The lowest BCUT2D eigenvalue weighted by molar-refractivity contribution is -0.111. The van der Waals surface area contributed by atoms with Crippen molar-refractivity contribution in [3.8, 4) is 0 Å². The van der Waals surface area contributed by atoms with Gasteiger partial charge in [-0.3, -0.25) is 4.79 Å². The molecule has 2 heteroatoms. The molecule has 0 spiro atoms. The van der Waals surface area contributed by atoms with Crippen molar-refractivity contribution in [2.75, 3.05) is 0 Å². The molecule has 0 aromatic heterocycles. The van der Waals surface area contributed by atoms with Crippen LogP contribution in [0.3, 0.4) is 0 Å². The first kappa shape index (κ1) is 14.8. The summed E-state index contributed by atoms with van der Waals surface area (Å²) in [6.45, 7) is 6.21. The molecule has 0 aliphatic heterocycles. The number of halogens is 1. The summed E-state index contributed by atoms with van der Waals surface area (Å²) in [7, 11) is 0.